The van der Waals surface area contributed by atoms with Gasteiger partial charge in [-0.2, -0.15) is 0 Å². The highest BCUT2D eigenvalue weighted by atomic mass is 14.8. The Kier molecular flexibility index (Phi) is 4.88. The van der Waals surface area contributed by atoms with Crippen molar-refractivity contribution < 1.29 is 0 Å². The maximum Gasteiger partial charge on any atom is 0.0205 e. The van der Waals surface area contributed by atoms with Crippen molar-refractivity contribution in [3.8, 4) is 0 Å². The zero-order chi connectivity index (χ0) is 11.1. The van der Waals surface area contributed by atoms with Gasteiger partial charge in [0, 0.05) is 6.54 Å². The van der Waals surface area contributed by atoms with Crippen LogP contribution in [0, 0.1) is 5.92 Å². The van der Waals surface area contributed by atoms with Gasteiger partial charge in [-0.1, -0.05) is 62.4 Å². The van der Waals surface area contributed by atoms with Crippen molar-refractivity contribution >= 4 is 0 Å². The van der Waals surface area contributed by atoms with Crippen molar-refractivity contribution in [3.05, 3.63) is 35.9 Å². The summed E-state index contributed by atoms with van der Waals surface area (Å²) in [6.45, 7) is 2.20. The molecule has 16 heavy (non-hydrogen) atoms. The molecule has 0 heterocycles. The molecule has 1 aromatic rings. The Bertz CT molecular complexity index is 275. The minimum absolute atomic E-state index is 0.997. The molecule has 0 bridgehead atoms. The predicted octanol–water partition coefficient (Wildman–Crippen LogP) is 3.75. The number of nitrogens with one attached hydrogen (secondary N) is 1. The van der Waals surface area contributed by atoms with Gasteiger partial charge in [-0.3, -0.25) is 0 Å². The normalized spacial score (nSPS) is 17.5. The maximum absolute atomic E-state index is 3.55. The highest BCUT2D eigenvalue weighted by molar-refractivity contribution is 5.14. The number of benzene rings is 1. The van der Waals surface area contributed by atoms with Gasteiger partial charge in [0.05, 0.1) is 0 Å². The van der Waals surface area contributed by atoms with Gasteiger partial charge in [0.1, 0.15) is 0 Å². The molecule has 0 unspecified atom stereocenters. The summed E-state index contributed by atoms with van der Waals surface area (Å²) in [5.74, 6) is 0.997. The summed E-state index contributed by atoms with van der Waals surface area (Å²) >= 11 is 0. The third-order valence-electron chi connectivity index (χ3n) is 3.63. The lowest BCUT2D eigenvalue weighted by Gasteiger charge is -2.21. The fourth-order valence-corrected chi connectivity index (χ4v) is 2.61. The summed E-state index contributed by atoms with van der Waals surface area (Å²) in [5, 5.41) is 3.55. The number of rotatable bonds is 5. The first-order chi connectivity index (χ1) is 7.95. The van der Waals surface area contributed by atoms with Crippen LogP contribution >= 0.6 is 0 Å². The van der Waals surface area contributed by atoms with Crippen LogP contribution in [0.2, 0.25) is 0 Å². The zero-order valence-electron chi connectivity index (χ0n) is 10.1. The van der Waals surface area contributed by atoms with E-state index in [0.717, 1.165) is 12.5 Å². The third kappa shape index (κ3) is 3.97. The molecule has 0 amide bonds. The maximum atomic E-state index is 3.55. The van der Waals surface area contributed by atoms with E-state index in [9.17, 15) is 0 Å². The van der Waals surface area contributed by atoms with Crippen LogP contribution in [-0.4, -0.2) is 6.54 Å². The molecule has 1 N–H and O–H groups in total. The second kappa shape index (κ2) is 6.70. The van der Waals surface area contributed by atoms with Crippen LogP contribution in [0.3, 0.4) is 0 Å². The second-order valence-corrected chi connectivity index (χ2v) is 4.96. The van der Waals surface area contributed by atoms with E-state index in [1.54, 1.807) is 0 Å². The van der Waals surface area contributed by atoms with Crippen molar-refractivity contribution in [3.63, 3.8) is 0 Å². The Balaban J connectivity index is 1.58. The van der Waals surface area contributed by atoms with Gasteiger partial charge in [-0.05, 0) is 24.4 Å². The van der Waals surface area contributed by atoms with Crippen LogP contribution in [-0.2, 0) is 6.54 Å². The Morgan fingerprint density at radius 1 is 1.00 bits per heavy atom. The van der Waals surface area contributed by atoms with E-state index in [2.05, 4.69) is 35.6 Å². The average molecular weight is 217 g/mol. The minimum atomic E-state index is 0.997. The van der Waals surface area contributed by atoms with Gasteiger partial charge in [0.2, 0.25) is 0 Å². The monoisotopic (exact) mass is 217 g/mol. The van der Waals surface area contributed by atoms with Crippen molar-refractivity contribution in [1.82, 2.24) is 5.32 Å². The molecule has 1 aromatic carbocycles. The molecule has 1 aliphatic carbocycles. The second-order valence-electron chi connectivity index (χ2n) is 4.96. The van der Waals surface area contributed by atoms with Gasteiger partial charge < -0.3 is 5.32 Å². The fraction of sp³-hybridized carbons (Fsp3) is 0.600. The molecule has 88 valence electrons. The van der Waals surface area contributed by atoms with E-state index >= 15 is 0 Å². The fourth-order valence-electron chi connectivity index (χ4n) is 2.61. The molecular formula is C15H23N. The molecule has 0 aliphatic heterocycles. The summed E-state index contributed by atoms with van der Waals surface area (Å²) in [7, 11) is 0. The Morgan fingerprint density at radius 2 is 1.75 bits per heavy atom. The quantitative estimate of drug-likeness (QED) is 0.741. The smallest absolute Gasteiger partial charge is 0.0205 e. The van der Waals surface area contributed by atoms with E-state index in [1.807, 2.05) is 0 Å². The van der Waals surface area contributed by atoms with Gasteiger partial charge in [0.15, 0.2) is 0 Å². The van der Waals surface area contributed by atoms with E-state index in [-0.39, 0.29) is 0 Å². The van der Waals surface area contributed by atoms with Crippen molar-refractivity contribution in [1.29, 1.82) is 0 Å². The SMILES string of the molecule is c1ccc(CNCCC2CCCCC2)cc1. The highest BCUT2D eigenvalue weighted by Gasteiger charge is 2.12. The molecule has 1 nitrogen and oxygen atoms in total. The highest BCUT2D eigenvalue weighted by Crippen LogP contribution is 2.25. The van der Waals surface area contributed by atoms with Gasteiger partial charge in [-0.25, -0.2) is 0 Å². The molecule has 0 radical (unpaired) electrons. The van der Waals surface area contributed by atoms with E-state index in [0.29, 0.717) is 0 Å². The molecule has 1 heteroatoms. The third-order valence-corrected chi connectivity index (χ3v) is 3.63. The van der Waals surface area contributed by atoms with Gasteiger partial charge >= 0.3 is 0 Å². The van der Waals surface area contributed by atoms with Gasteiger partial charge in [-0.15, -0.1) is 0 Å². The minimum Gasteiger partial charge on any atom is -0.313 e. The van der Waals surface area contributed by atoms with Gasteiger partial charge in [0.25, 0.3) is 0 Å². The molecule has 0 aromatic heterocycles. The predicted molar refractivity (Wildman–Crippen MR) is 69.3 cm³/mol. The molecule has 1 saturated carbocycles. The molecule has 0 spiro atoms. The lowest BCUT2D eigenvalue weighted by Crippen LogP contribution is -2.19. The lowest BCUT2D eigenvalue weighted by molar-refractivity contribution is 0.334. The Labute approximate surface area is 99.3 Å². The van der Waals surface area contributed by atoms with Crippen LogP contribution < -0.4 is 5.32 Å². The van der Waals surface area contributed by atoms with Crippen molar-refractivity contribution in [2.45, 2.75) is 45.1 Å². The summed E-state index contributed by atoms with van der Waals surface area (Å²) in [5.41, 5.74) is 1.39. The first-order valence-corrected chi connectivity index (χ1v) is 6.70. The van der Waals surface area contributed by atoms with Crippen LogP contribution in [0.25, 0.3) is 0 Å². The van der Waals surface area contributed by atoms with E-state index in [4.69, 9.17) is 0 Å². The van der Waals surface area contributed by atoms with Crippen molar-refractivity contribution in [2.75, 3.05) is 6.54 Å². The number of hydrogen-bond acceptors (Lipinski definition) is 1. The van der Waals surface area contributed by atoms with E-state index in [1.165, 1.54) is 50.6 Å². The first-order valence-electron chi connectivity index (χ1n) is 6.70. The van der Waals surface area contributed by atoms with Crippen LogP contribution in [0.4, 0.5) is 0 Å². The summed E-state index contributed by atoms with van der Waals surface area (Å²) in [6, 6.07) is 10.7. The molecule has 2 rings (SSSR count). The van der Waals surface area contributed by atoms with Crippen LogP contribution in [0.1, 0.15) is 44.1 Å². The summed E-state index contributed by atoms with van der Waals surface area (Å²) < 4.78 is 0. The summed E-state index contributed by atoms with van der Waals surface area (Å²) in [6.07, 6.45) is 8.69. The Hall–Kier alpha value is -0.820. The molecule has 0 saturated heterocycles. The topological polar surface area (TPSA) is 12.0 Å². The standard InChI is InChI=1S/C15H23N/c1-3-7-14(8-4-1)11-12-16-13-15-9-5-2-6-10-15/h2,5-6,9-10,14,16H,1,3-4,7-8,11-13H2. The molecular weight excluding hydrogens is 194 g/mol. The van der Waals surface area contributed by atoms with Crippen LogP contribution in [0.5, 0.6) is 0 Å². The number of hydrogen-bond donors (Lipinski definition) is 1. The van der Waals surface area contributed by atoms with E-state index < -0.39 is 0 Å². The largest absolute Gasteiger partial charge is 0.313 e. The summed E-state index contributed by atoms with van der Waals surface area (Å²) in [4.78, 5) is 0. The molecule has 1 fully saturated rings. The molecule has 0 atom stereocenters. The lowest BCUT2D eigenvalue weighted by atomic mass is 9.87. The van der Waals surface area contributed by atoms with Crippen molar-refractivity contribution in [2.24, 2.45) is 5.92 Å². The molecule has 1 aliphatic rings. The average Bonchev–Trinajstić information content (AvgIpc) is 2.37. The Morgan fingerprint density at radius 3 is 2.50 bits per heavy atom. The zero-order valence-corrected chi connectivity index (χ0v) is 10.1. The van der Waals surface area contributed by atoms with Crippen LogP contribution in [0.15, 0.2) is 30.3 Å². The first kappa shape index (κ1) is 11.7.